The molecule has 6 nitrogen and oxygen atoms in total. The van der Waals surface area contributed by atoms with Crippen molar-refractivity contribution in [1.82, 2.24) is 19.8 Å². The average molecular weight is 306 g/mol. The SMILES string of the molecule is CCOCC(=O)N1C[C@@H]2CC[C@H]1CN(Cc1nc[nH]c1C)C2. The Morgan fingerprint density at radius 2 is 2.27 bits per heavy atom. The van der Waals surface area contributed by atoms with E-state index in [1.807, 2.05) is 6.92 Å². The Hall–Kier alpha value is -1.40. The Balaban J connectivity index is 1.65. The van der Waals surface area contributed by atoms with Gasteiger partial charge in [0.2, 0.25) is 5.91 Å². The molecule has 22 heavy (non-hydrogen) atoms. The smallest absolute Gasteiger partial charge is 0.248 e. The summed E-state index contributed by atoms with van der Waals surface area (Å²) in [6.07, 6.45) is 4.09. The van der Waals surface area contributed by atoms with E-state index in [0.29, 0.717) is 18.6 Å². The minimum atomic E-state index is 0.148. The van der Waals surface area contributed by atoms with Crippen LogP contribution in [0, 0.1) is 12.8 Å². The lowest BCUT2D eigenvalue weighted by Crippen LogP contribution is -2.48. The summed E-state index contributed by atoms with van der Waals surface area (Å²) < 4.78 is 5.31. The van der Waals surface area contributed by atoms with Gasteiger partial charge in [0.15, 0.2) is 0 Å². The van der Waals surface area contributed by atoms with Gasteiger partial charge in [-0.1, -0.05) is 0 Å². The van der Waals surface area contributed by atoms with Crippen molar-refractivity contribution in [3.05, 3.63) is 17.7 Å². The molecule has 122 valence electrons. The second-order valence-corrected chi connectivity index (χ2v) is 6.45. The Morgan fingerprint density at radius 1 is 1.41 bits per heavy atom. The van der Waals surface area contributed by atoms with Crippen LogP contribution in [0.2, 0.25) is 0 Å². The van der Waals surface area contributed by atoms with E-state index in [1.165, 1.54) is 6.42 Å². The quantitative estimate of drug-likeness (QED) is 0.887. The number of H-pyrrole nitrogens is 1. The zero-order valence-electron chi connectivity index (χ0n) is 13.5. The topological polar surface area (TPSA) is 61.5 Å². The number of nitrogens with zero attached hydrogens (tertiary/aromatic N) is 3. The summed E-state index contributed by atoms with van der Waals surface area (Å²) in [6, 6.07) is 0.325. The van der Waals surface area contributed by atoms with Crippen molar-refractivity contribution in [2.45, 2.75) is 39.3 Å². The summed E-state index contributed by atoms with van der Waals surface area (Å²) >= 11 is 0. The van der Waals surface area contributed by atoms with Gasteiger partial charge in [0, 0.05) is 44.5 Å². The number of ether oxygens (including phenoxy) is 1. The van der Waals surface area contributed by atoms with Gasteiger partial charge in [-0.25, -0.2) is 4.98 Å². The number of fused-ring (bicyclic) bond motifs is 4. The molecule has 0 spiro atoms. The van der Waals surface area contributed by atoms with Crippen LogP contribution in [0.1, 0.15) is 31.2 Å². The molecule has 3 fully saturated rings. The van der Waals surface area contributed by atoms with Gasteiger partial charge in [-0.05, 0) is 32.6 Å². The molecular formula is C16H26N4O2. The largest absolute Gasteiger partial charge is 0.372 e. The fraction of sp³-hybridized carbons (Fsp3) is 0.750. The van der Waals surface area contributed by atoms with Crippen LogP contribution in [-0.4, -0.2) is 64.6 Å². The third kappa shape index (κ3) is 3.33. The third-order valence-corrected chi connectivity index (χ3v) is 4.85. The molecule has 0 saturated carbocycles. The van der Waals surface area contributed by atoms with Gasteiger partial charge in [-0.3, -0.25) is 9.69 Å². The van der Waals surface area contributed by atoms with Gasteiger partial charge in [-0.2, -0.15) is 0 Å². The molecule has 3 saturated heterocycles. The minimum Gasteiger partial charge on any atom is -0.372 e. The number of rotatable bonds is 5. The van der Waals surface area contributed by atoms with Crippen molar-refractivity contribution in [2.24, 2.45) is 5.92 Å². The first-order valence-corrected chi connectivity index (χ1v) is 8.25. The zero-order valence-corrected chi connectivity index (χ0v) is 13.5. The fourth-order valence-electron chi connectivity index (χ4n) is 3.64. The Morgan fingerprint density at radius 3 is 3.00 bits per heavy atom. The Kier molecular flexibility index (Phi) is 4.78. The molecule has 4 rings (SSSR count). The molecule has 1 aromatic rings. The van der Waals surface area contributed by atoms with E-state index in [4.69, 9.17) is 4.74 Å². The molecule has 2 atom stereocenters. The number of piperidine rings is 1. The van der Waals surface area contributed by atoms with E-state index >= 15 is 0 Å². The fourth-order valence-corrected chi connectivity index (χ4v) is 3.64. The number of hydrogen-bond acceptors (Lipinski definition) is 4. The monoisotopic (exact) mass is 306 g/mol. The van der Waals surface area contributed by atoms with Crippen LogP contribution in [-0.2, 0) is 16.1 Å². The lowest BCUT2D eigenvalue weighted by Gasteiger charge is -2.36. The zero-order chi connectivity index (χ0) is 15.5. The molecule has 4 heterocycles. The van der Waals surface area contributed by atoms with E-state index in [9.17, 15) is 4.79 Å². The first kappa shape index (κ1) is 15.5. The van der Waals surface area contributed by atoms with Gasteiger partial charge >= 0.3 is 0 Å². The number of imidazole rings is 1. The predicted octanol–water partition coefficient (Wildman–Crippen LogP) is 1.18. The van der Waals surface area contributed by atoms with Crippen molar-refractivity contribution in [2.75, 3.05) is 32.8 Å². The number of carbonyl (C=O) groups is 1. The number of hydrogen-bond donors (Lipinski definition) is 1. The Bertz CT molecular complexity index is 516. The van der Waals surface area contributed by atoms with Crippen molar-refractivity contribution >= 4 is 5.91 Å². The maximum absolute atomic E-state index is 12.3. The van der Waals surface area contributed by atoms with Crippen LogP contribution >= 0.6 is 0 Å². The summed E-state index contributed by atoms with van der Waals surface area (Å²) in [5.74, 6) is 0.720. The molecule has 3 aliphatic heterocycles. The Labute approximate surface area is 131 Å². The predicted molar refractivity (Wildman–Crippen MR) is 83.3 cm³/mol. The maximum Gasteiger partial charge on any atom is 0.248 e. The van der Waals surface area contributed by atoms with E-state index in [-0.39, 0.29) is 12.5 Å². The van der Waals surface area contributed by atoms with Crippen LogP contribution in [0.15, 0.2) is 6.33 Å². The summed E-state index contributed by atoms with van der Waals surface area (Å²) in [7, 11) is 0. The highest BCUT2D eigenvalue weighted by molar-refractivity contribution is 5.78. The lowest BCUT2D eigenvalue weighted by atomic mass is 9.95. The molecule has 1 aromatic heterocycles. The van der Waals surface area contributed by atoms with Crippen LogP contribution < -0.4 is 0 Å². The summed E-state index contributed by atoms with van der Waals surface area (Å²) in [4.78, 5) is 24.4. The van der Waals surface area contributed by atoms with E-state index in [2.05, 4.69) is 26.7 Å². The second-order valence-electron chi connectivity index (χ2n) is 6.45. The van der Waals surface area contributed by atoms with Crippen molar-refractivity contribution in [3.8, 4) is 0 Å². The highest BCUT2D eigenvalue weighted by atomic mass is 16.5. The maximum atomic E-state index is 12.3. The lowest BCUT2D eigenvalue weighted by molar-refractivity contribution is -0.140. The summed E-state index contributed by atoms with van der Waals surface area (Å²) in [5, 5.41) is 0. The van der Waals surface area contributed by atoms with Gasteiger partial charge in [-0.15, -0.1) is 0 Å². The van der Waals surface area contributed by atoms with Crippen LogP contribution in [0.5, 0.6) is 0 Å². The first-order chi connectivity index (χ1) is 10.7. The summed E-state index contributed by atoms with van der Waals surface area (Å²) in [6.45, 7) is 8.56. The van der Waals surface area contributed by atoms with Gasteiger partial charge in [0.05, 0.1) is 12.0 Å². The van der Waals surface area contributed by atoms with E-state index < -0.39 is 0 Å². The normalized spacial score (nSPS) is 25.5. The number of amides is 1. The molecular weight excluding hydrogens is 280 g/mol. The molecule has 0 unspecified atom stereocenters. The minimum absolute atomic E-state index is 0.148. The molecule has 0 aromatic carbocycles. The molecule has 3 aliphatic rings. The van der Waals surface area contributed by atoms with Gasteiger partial charge < -0.3 is 14.6 Å². The van der Waals surface area contributed by atoms with E-state index in [1.54, 1.807) is 6.33 Å². The molecule has 1 amide bonds. The van der Waals surface area contributed by atoms with Gasteiger partial charge in [0.25, 0.3) is 0 Å². The van der Waals surface area contributed by atoms with Crippen LogP contribution in [0.25, 0.3) is 0 Å². The molecule has 0 aliphatic carbocycles. The molecule has 0 radical (unpaired) electrons. The highest BCUT2D eigenvalue weighted by Gasteiger charge is 2.37. The average Bonchev–Trinajstić information content (AvgIpc) is 2.74. The standard InChI is InChI=1S/C16H26N4O2/c1-3-22-10-16(21)20-7-13-4-5-14(20)8-19(6-13)9-15-12(2)17-11-18-15/h11,13-14H,3-10H2,1-2H3,(H,17,18)/t13-,14+/m1/s1. The van der Waals surface area contributed by atoms with Crippen LogP contribution in [0.4, 0.5) is 0 Å². The number of aryl methyl sites for hydroxylation is 1. The molecule has 2 bridgehead atoms. The van der Waals surface area contributed by atoms with E-state index in [0.717, 1.165) is 44.0 Å². The highest BCUT2D eigenvalue weighted by Crippen LogP contribution is 2.28. The number of aromatic nitrogens is 2. The number of carbonyl (C=O) groups excluding carboxylic acids is 1. The molecule has 6 heteroatoms. The summed E-state index contributed by atoms with van der Waals surface area (Å²) in [5.41, 5.74) is 2.26. The number of nitrogens with one attached hydrogen (secondary N) is 1. The van der Waals surface area contributed by atoms with Crippen molar-refractivity contribution in [1.29, 1.82) is 0 Å². The second kappa shape index (κ2) is 6.79. The third-order valence-electron chi connectivity index (χ3n) is 4.85. The molecule has 1 N–H and O–H groups in total. The van der Waals surface area contributed by atoms with Gasteiger partial charge in [0.1, 0.15) is 6.61 Å². The van der Waals surface area contributed by atoms with Crippen LogP contribution in [0.3, 0.4) is 0 Å². The van der Waals surface area contributed by atoms with Crippen molar-refractivity contribution < 1.29 is 9.53 Å². The first-order valence-electron chi connectivity index (χ1n) is 8.25. The number of aromatic amines is 1. The van der Waals surface area contributed by atoms with Crippen molar-refractivity contribution in [3.63, 3.8) is 0 Å².